The van der Waals surface area contributed by atoms with Crippen LogP contribution in [0, 0.1) is 0 Å². The van der Waals surface area contributed by atoms with Gasteiger partial charge in [-0.05, 0) is 41.7 Å². The van der Waals surface area contributed by atoms with Crippen molar-refractivity contribution in [3.8, 4) is 17.2 Å². The molecule has 2 aromatic rings. The van der Waals surface area contributed by atoms with Crippen molar-refractivity contribution >= 4 is 11.9 Å². The zero-order chi connectivity index (χ0) is 19.4. The lowest BCUT2D eigenvalue weighted by Gasteiger charge is -2.15. The fourth-order valence-electron chi connectivity index (χ4n) is 2.87. The molecule has 0 aromatic heterocycles. The first-order valence-electron chi connectivity index (χ1n) is 7.88. The number of ether oxygens (including phenoxy) is 2. The number of phenols is 1. The van der Waals surface area contributed by atoms with E-state index in [2.05, 4.69) is 0 Å². The Balaban J connectivity index is 2.64. The Morgan fingerprint density at radius 1 is 0.885 bits per heavy atom. The van der Waals surface area contributed by atoms with Gasteiger partial charge in [-0.25, -0.2) is 9.59 Å². The van der Waals surface area contributed by atoms with E-state index in [9.17, 15) is 24.9 Å². The summed E-state index contributed by atoms with van der Waals surface area (Å²) < 4.78 is 10.4. The number of aryl methyl sites for hydroxylation is 1. The molecule has 0 aliphatic rings. The predicted octanol–water partition coefficient (Wildman–Crippen LogP) is 2.96. The van der Waals surface area contributed by atoms with Crippen LogP contribution in [0.25, 0.3) is 0 Å². The summed E-state index contributed by atoms with van der Waals surface area (Å²) in [5, 5.41) is 29.1. The fourth-order valence-corrected chi connectivity index (χ4v) is 2.87. The summed E-state index contributed by atoms with van der Waals surface area (Å²) in [7, 11) is 3.01. The summed E-state index contributed by atoms with van der Waals surface area (Å²) in [6, 6.07) is 6.65. The highest BCUT2D eigenvalue weighted by molar-refractivity contribution is 6.01. The van der Waals surface area contributed by atoms with Crippen LogP contribution < -0.4 is 9.47 Å². The van der Waals surface area contributed by atoms with Crippen molar-refractivity contribution in [1.82, 2.24) is 0 Å². The molecule has 0 heterocycles. The number of benzene rings is 2. The zero-order valence-corrected chi connectivity index (χ0v) is 14.7. The van der Waals surface area contributed by atoms with E-state index in [1.165, 1.54) is 20.3 Å². The van der Waals surface area contributed by atoms with Gasteiger partial charge in [-0.1, -0.05) is 13.0 Å². The summed E-state index contributed by atoms with van der Waals surface area (Å²) in [6.07, 6.45) is 0.499. The van der Waals surface area contributed by atoms with E-state index in [1.807, 2.05) is 0 Å². The Labute approximate surface area is 150 Å². The number of hydrogen-bond donors (Lipinski definition) is 3. The molecule has 0 saturated carbocycles. The summed E-state index contributed by atoms with van der Waals surface area (Å²) in [5.41, 5.74) is 0.587. The third kappa shape index (κ3) is 3.72. The van der Waals surface area contributed by atoms with Crippen LogP contribution in [0.5, 0.6) is 17.2 Å². The van der Waals surface area contributed by atoms with Gasteiger partial charge < -0.3 is 24.8 Å². The number of carboxylic acid groups (broad SMARTS) is 2. The maximum absolute atomic E-state index is 11.7. The van der Waals surface area contributed by atoms with E-state index in [1.54, 1.807) is 25.1 Å². The smallest absolute Gasteiger partial charge is 0.339 e. The van der Waals surface area contributed by atoms with Gasteiger partial charge in [0.05, 0.1) is 14.2 Å². The summed E-state index contributed by atoms with van der Waals surface area (Å²) >= 11 is 0. The maximum Gasteiger partial charge on any atom is 0.339 e. The standard InChI is InChI=1S/C19H20O7/c1-4-11-8-12(16(19(23)24)17(20)15(11)18(21)22)5-10-6-13(25-2)9-14(7-10)26-3/h6-9,20H,4-5H2,1-3H3,(H,21,22)(H,23,24). The largest absolute Gasteiger partial charge is 0.506 e. The lowest BCUT2D eigenvalue weighted by Crippen LogP contribution is -2.11. The molecule has 2 rings (SSSR count). The molecule has 0 saturated heterocycles. The zero-order valence-electron chi connectivity index (χ0n) is 14.7. The molecule has 0 spiro atoms. The molecule has 0 unspecified atom stereocenters. The second kappa shape index (κ2) is 7.77. The van der Waals surface area contributed by atoms with Crippen LogP contribution in [-0.4, -0.2) is 41.5 Å². The van der Waals surface area contributed by atoms with Crippen molar-refractivity contribution < 1.29 is 34.4 Å². The molecule has 26 heavy (non-hydrogen) atoms. The third-order valence-electron chi connectivity index (χ3n) is 4.08. The van der Waals surface area contributed by atoms with E-state index in [0.29, 0.717) is 34.6 Å². The van der Waals surface area contributed by atoms with Gasteiger partial charge in [-0.15, -0.1) is 0 Å². The van der Waals surface area contributed by atoms with Crippen molar-refractivity contribution in [2.24, 2.45) is 0 Å². The maximum atomic E-state index is 11.7. The van der Waals surface area contributed by atoms with Gasteiger partial charge in [0.15, 0.2) is 0 Å². The van der Waals surface area contributed by atoms with Crippen LogP contribution in [-0.2, 0) is 12.8 Å². The van der Waals surface area contributed by atoms with Crippen LogP contribution in [0.3, 0.4) is 0 Å². The minimum atomic E-state index is -1.39. The summed E-state index contributed by atoms with van der Waals surface area (Å²) in [6.45, 7) is 1.74. The molecule has 0 bridgehead atoms. The fraction of sp³-hybridized carbons (Fsp3) is 0.263. The first kappa shape index (κ1) is 19.1. The van der Waals surface area contributed by atoms with Crippen molar-refractivity contribution in [2.75, 3.05) is 14.2 Å². The SMILES string of the molecule is CCc1cc(Cc2cc(OC)cc(OC)c2)c(C(=O)O)c(O)c1C(=O)O. The first-order chi connectivity index (χ1) is 12.3. The molecule has 138 valence electrons. The van der Waals surface area contributed by atoms with Crippen molar-refractivity contribution in [1.29, 1.82) is 0 Å². The molecule has 7 heteroatoms. The Kier molecular flexibility index (Phi) is 5.71. The van der Waals surface area contributed by atoms with Crippen LogP contribution in [0.2, 0.25) is 0 Å². The minimum Gasteiger partial charge on any atom is -0.506 e. The Morgan fingerprint density at radius 2 is 1.38 bits per heavy atom. The first-order valence-corrected chi connectivity index (χ1v) is 7.88. The van der Waals surface area contributed by atoms with Crippen LogP contribution >= 0.6 is 0 Å². The molecule has 2 aromatic carbocycles. The average Bonchev–Trinajstić information content (AvgIpc) is 2.59. The molecule has 0 amide bonds. The second-order valence-corrected chi connectivity index (χ2v) is 5.65. The summed E-state index contributed by atoms with van der Waals surface area (Å²) in [5.74, 6) is -2.40. The van der Waals surface area contributed by atoms with Gasteiger partial charge in [0, 0.05) is 6.07 Å². The molecule has 7 nitrogen and oxygen atoms in total. The van der Waals surface area contributed by atoms with Crippen molar-refractivity contribution in [3.05, 3.63) is 52.1 Å². The number of aromatic carboxylic acids is 2. The molecule has 0 aliphatic heterocycles. The topological polar surface area (TPSA) is 113 Å². The minimum absolute atomic E-state index is 0.162. The number of methoxy groups -OCH3 is 2. The van der Waals surface area contributed by atoms with Gasteiger partial charge in [0.25, 0.3) is 0 Å². The Bertz CT molecular complexity index is 833. The monoisotopic (exact) mass is 360 g/mol. The van der Waals surface area contributed by atoms with E-state index in [0.717, 1.165) is 0 Å². The molecule has 0 aliphatic carbocycles. The molecule has 3 N–H and O–H groups in total. The third-order valence-corrected chi connectivity index (χ3v) is 4.08. The van der Waals surface area contributed by atoms with Crippen molar-refractivity contribution in [2.45, 2.75) is 19.8 Å². The molecular weight excluding hydrogens is 340 g/mol. The van der Waals surface area contributed by atoms with Crippen LogP contribution in [0.1, 0.15) is 44.3 Å². The Morgan fingerprint density at radius 3 is 1.81 bits per heavy atom. The van der Waals surface area contributed by atoms with E-state index < -0.39 is 23.3 Å². The van der Waals surface area contributed by atoms with Gasteiger partial charge in [-0.3, -0.25) is 0 Å². The van der Waals surface area contributed by atoms with Gasteiger partial charge in [0.1, 0.15) is 28.4 Å². The van der Waals surface area contributed by atoms with Gasteiger partial charge in [0.2, 0.25) is 0 Å². The average molecular weight is 360 g/mol. The number of carbonyl (C=O) groups is 2. The normalized spacial score (nSPS) is 10.4. The number of carboxylic acids is 2. The second-order valence-electron chi connectivity index (χ2n) is 5.65. The van der Waals surface area contributed by atoms with E-state index in [4.69, 9.17) is 9.47 Å². The quantitative estimate of drug-likeness (QED) is 0.695. The number of rotatable bonds is 7. The lowest BCUT2D eigenvalue weighted by molar-refractivity contribution is 0.0690. The highest BCUT2D eigenvalue weighted by atomic mass is 16.5. The lowest BCUT2D eigenvalue weighted by atomic mass is 9.91. The molecule has 0 atom stereocenters. The number of hydrogen-bond acceptors (Lipinski definition) is 5. The van der Waals surface area contributed by atoms with Crippen molar-refractivity contribution in [3.63, 3.8) is 0 Å². The summed E-state index contributed by atoms with van der Waals surface area (Å²) in [4.78, 5) is 23.1. The molecule has 0 fully saturated rings. The number of aromatic hydroxyl groups is 1. The van der Waals surface area contributed by atoms with Crippen LogP contribution in [0.15, 0.2) is 24.3 Å². The highest BCUT2D eigenvalue weighted by Gasteiger charge is 2.25. The molecule has 0 radical (unpaired) electrons. The van der Waals surface area contributed by atoms with E-state index in [-0.39, 0.29) is 12.0 Å². The van der Waals surface area contributed by atoms with Crippen LogP contribution in [0.4, 0.5) is 0 Å². The van der Waals surface area contributed by atoms with E-state index >= 15 is 0 Å². The van der Waals surface area contributed by atoms with Gasteiger partial charge >= 0.3 is 11.9 Å². The van der Waals surface area contributed by atoms with Gasteiger partial charge in [-0.2, -0.15) is 0 Å². The Hall–Kier alpha value is -3.22. The molecular formula is C19H20O7. The predicted molar refractivity (Wildman–Crippen MR) is 93.8 cm³/mol. The highest BCUT2D eigenvalue weighted by Crippen LogP contribution is 2.33.